The van der Waals surface area contributed by atoms with Gasteiger partial charge in [0.1, 0.15) is 11.9 Å². The van der Waals surface area contributed by atoms with Crippen molar-refractivity contribution in [1.82, 2.24) is 9.55 Å². The number of rotatable bonds is 4. The molecule has 0 bridgehead atoms. The summed E-state index contributed by atoms with van der Waals surface area (Å²) < 4.78 is 15.0. The van der Waals surface area contributed by atoms with Crippen LogP contribution in [-0.4, -0.2) is 27.4 Å². The van der Waals surface area contributed by atoms with Crippen molar-refractivity contribution in [2.24, 2.45) is 0 Å². The molecule has 1 aliphatic carbocycles. The van der Waals surface area contributed by atoms with Crippen LogP contribution >= 0.6 is 0 Å². The third kappa shape index (κ3) is 3.24. The van der Waals surface area contributed by atoms with Crippen molar-refractivity contribution < 1.29 is 14.0 Å². The van der Waals surface area contributed by atoms with Crippen molar-refractivity contribution in [3.8, 4) is 0 Å². The normalized spacial score (nSPS) is 19.3. The third-order valence-corrected chi connectivity index (χ3v) is 6.07. The SMILES string of the molecule is O=C(C[C@H]1C(=O)N(C2CCCCC2)c2nc3ccccc3n21)Nc1ccc(F)cc1. The number of para-hydroxylation sites is 2. The van der Waals surface area contributed by atoms with Gasteiger partial charge in [0.15, 0.2) is 0 Å². The molecule has 1 N–H and O–H groups in total. The van der Waals surface area contributed by atoms with E-state index in [1.807, 2.05) is 33.7 Å². The summed E-state index contributed by atoms with van der Waals surface area (Å²) in [4.78, 5) is 32.7. The van der Waals surface area contributed by atoms with E-state index in [2.05, 4.69) is 5.32 Å². The number of amides is 2. The second-order valence-corrected chi connectivity index (χ2v) is 8.05. The number of anilines is 2. The molecular weight excluding hydrogens is 383 g/mol. The molecule has 0 spiro atoms. The van der Waals surface area contributed by atoms with Crippen LogP contribution in [0.3, 0.4) is 0 Å². The van der Waals surface area contributed by atoms with Crippen LogP contribution < -0.4 is 10.2 Å². The van der Waals surface area contributed by atoms with E-state index in [0.717, 1.165) is 36.7 Å². The zero-order valence-electron chi connectivity index (χ0n) is 16.6. The average molecular weight is 406 g/mol. The number of carbonyl (C=O) groups is 2. The monoisotopic (exact) mass is 406 g/mol. The molecule has 5 rings (SSSR count). The maximum Gasteiger partial charge on any atom is 0.253 e. The smallest absolute Gasteiger partial charge is 0.253 e. The fraction of sp³-hybridized carbons (Fsp3) is 0.348. The van der Waals surface area contributed by atoms with Gasteiger partial charge in [0, 0.05) is 11.7 Å². The lowest BCUT2D eigenvalue weighted by molar-refractivity contribution is -0.125. The van der Waals surface area contributed by atoms with Gasteiger partial charge >= 0.3 is 0 Å². The molecule has 2 heterocycles. The number of aromatic nitrogens is 2. The van der Waals surface area contributed by atoms with Gasteiger partial charge in [-0.15, -0.1) is 0 Å². The van der Waals surface area contributed by atoms with E-state index in [9.17, 15) is 14.0 Å². The maximum atomic E-state index is 13.4. The van der Waals surface area contributed by atoms with Crippen LogP contribution in [0.15, 0.2) is 48.5 Å². The van der Waals surface area contributed by atoms with Crippen LogP contribution in [0.4, 0.5) is 16.0 Å². The summed E-state index contributed by atoms with van der Waals surface area (Å²) >= 11 is 0. The van der Waals surface area contributed by atoms with Gasteiger partial charge in [-0.2, -0.15) is 0 Å². The first kappa shape index (κ1) is 18.8. The highest BCUT2D eigenvalue weighted by atomic mass is 19.1. The van der Waals surface area contributed by atoms with E-state index in [0.29, 0.717) is 11.6 Å². The highest BCUT2D eigenvalue weighted by Crippen LogP contribution is 2.40. The number of hydrogen-bond acceptors (Lipinski definition) is 3. The van der Waals surface area contributed by atoms with Crippen molar-refractivity contribution in [3.63, 3.8) is 0 Å². The Bertz CT molecular complexity index is 1100. The Labute approximate surface area is 173 Å². The van der Waals surface area contributed by atoms with E-state index in [-0.39, 0.29) is 30.1 Å². The standard InChI is InChI=1S/C23H23FN4O2/c24-15-10-12-16(13-11-15)25-21(29)14-20-22(30)27(17-6-2-1-3-7-17)23-26-18-8-4-5-9-19(18)28(20)23/h4-5,8-13,17,20H,1-3,6-7,14H2,(H,25,29)/t20-/m0/s1. The fourth-order valence-electron chi connectivity index (χ4n) is 4.66. The predicted molar refractivity (Wildman–Crippen MR) is 113 cm³/mol. The Morgan fingerprint density at radius 1 is 1.07 bits per heavy atom. The van der Waals surface area contributed by atoms with Gasteiger partial charge < -0.3 is 5.32 Å². The molecule has 154 valence electrons. The highest BCUT2D eigenvalue weighted by Gasteiger charge is 2.44. The number of fused-ring (bicyclic) bond motifs is 3. The molecule has 0 unspecified atom stereocenters. The summed E-state index contributed by atoms with van der Waals surface area (Å²) in [7, 11) is 0. The lowest BCUT2D eigenvalue weighted by atomic mass is 9.94. The van der Waals surface area contributed by atoms with E-state index in [1.54, 1.807) is 0 Å². The van der Waals surface area contributed by atoms with Gasteiger partial charge in [0.25, 0.3) is 5.91 Å². The first-order chi connectivity index (χ1) is 14.6. The minimum Gasteiger partial charge on any atom is -0.326 e. The zero-order valence-corrected chi connectivity index (χ0v) is 16.6. The van der Waals surface area contributed by atoms with Gasteiger partial charge in [-0.05, 0) is 49.2 Å². The van der Waals surface area contributed by atoms with Crippen molar-refractivity contribution in [1.29, 1.82) is 0 Å². The molecule has 0 radical (unpaired) electrons. The predicted octanol–water partition coefficient (Wildman–Crippen LogP) is 4.42. The average Bonchev–Trinajstić information content (AvgIpc) is 3.25. The van der Waals surface area contributed by atoms with E-state index in [4.69, 9.17) is 4.98 Å². The largest absolute Gasteiger partial charge is 0.326 e. The van der Waals surface area contributed by atoms with Gasteiger partial charge in [0.05, 0.1) is 17.5 Å². The molecule has 1 aliphatic heterocycles. The number of nitrogens with one attached hydrogen (secondary N) is 1. The molecule has 2 aromatic carbocycles. The summed E-state index contributed by atoms with van der Waals surface area (Å²) in [6.07, 6.45) is 5.33. The molecule has 7 heteroatoms. The van der Waals surface area contributed by atoms with Crippen molar-refractivity contribution >= 4 is 34.5 Å². The molecule has 2 amide bonds. The van der Waals surface area contributed by atoms with Gasteiger partial charge in [0.2, 0.25) is 11.9 Å². The van der Waals surface area contributed by atoms with Crippen LogP contribution in [-0.2, 0) is 9.59 Å². The number of benzene rings is 2. The molecular formula is C23H23FN4O2. The Morgan fingerprint density at radius 2 is 1.80 bits per heavy atom. The van der Waals surface area contributed by atoms with Crippen LogP contribution in [0, 0.1) is 5.82 Å². The fourth-order valence-corrected chi connectivity index (χ4v) is 4.66. The van der Waals surface area contributed by atoms with Crippen molar-refractivity contribution in [3.05, 3.63) is 54.3 Å². The van der Waals surface area contributed by atoms with Crippen LogP contribution in [0.5, 0.6) is 0 Å². The van der Waals surface area contributed by atoms with E-state index < -0.39 is 6.04 Å². The Kier molecular flexibility index (Phi) is 4.73. The molecule has 1 fully saturated rings. The summed E-state index contributed by atoms with van der Waals surface area (Å²) in [5.41, 5.74) is 2.19. The van der Waals surface area contributed by atoms with Crippen molar-refractivity contribution in [2.75, 3.05) is 10.2 Å². The zero-order chi connectivity index (χ0) is 20.7. The van der Waals surface area contributed by atoms with Crippen LogP contribution in [0.2, 0.25) is 0 Å². The molecule has 3 aromatic rings. The van der Waals surface area contributed by atoms with Gasteiger partial charge in [-0.1, -0.05) is 31.4 Å². The molecule has 1 saturated carbocycles. The number of carbonyl (C=O) groups excluding carboxylic acids is 2. The second-order valence-electron chi connectivity index (χ2n) is 8.05. The lowest BCUT2D eigenvalue weighted by Gasteiger charge is -2.30. The van der Waals surface area contributed by atoms with E-state index >= 15 is 0 Å². The Morgan fingerprint density at radius 3 is 2.57 bits per heavy atom. The second kappa shape index (κ2) is 7.55. The van der Waals surface area contributed by atoms with E-state index in [1.165, 1.54) is 30.7 Å². The summed E-state index contributed by atoms with van der Waals surface area (Å²) in [5.74, 6) is -0.0668. The first-order valence-corrected chi connectivity index (χ1v) is 10.5. The lowest BCUT2D eigenvalue weighted by Crippen LogP contribution is -2.41. The van der Waals surface area contributed by atoms with Gasteiger partial charge in [-0.3, -0.25) is 19.1 Å². The quantitative estimate of drug-likeness (QED) is 0.697. The maximum absolute atomic E-state index is 13.4. The highest BCUT2D eigenvalue weighted by molar-refractivity contribution is 6.05. The van der Waals surface area contributed by atoms with Gasteiger partial charge in [-0.25, -0.2) is 9.37 Å². The molecule has 1 aromatic heterocycles. The number of halogens is 1. The Balaban J connectivity index is 1.46. The third-order valence-electron chi connectivity index (χ3n) is 6.07. The van der Waals surface area contributed by atoms with Crippen LogP contribution in [0.1, 0.15) is 44.6 Å². The summed E-state index contributed by atoms with van der Waals surface area (Å²) in [5, 5.41) is 2.77. The summed E-state index contributed by atoms with van der Waals surface area (Å²) in [6.45, 7) is 0. The minimum absolute atomic E-state index is 0.00673. The minimum atomic E-state index is -0.630. The van der Waals surface area contributed by atoms with Crippen molar-refractivity contribution in [2.45, 2.75) is 50.6 Å². The first-order valence-electron chi connectivity index (χ1n) is 10.5. The molecule has 0 saturated heterocycles. The topological polar surface area (TPSA) is 67.2 Å². The Hall–Kier alpha value is -3.22. The molecule has 6 nitrogen and oxygen atoms in total. The number of hydrogen-bond donors (Lipinski definition) is 1. The van der Waals surface area contributed by atoms with Crippen LogP contribution in [0.25, 0.3) is 11.0 Å². The summed E-state index contributed by atoms with van der Waals surface area (Å²) in [6, 6.07) is 12.8. The number of imidazole rings is 1. The number of nitrogens with zero attached hydrogens (tertiary/aromatic N) is 3. The molecule has 2 aliphatic rings. The molecule has 30 heavy (non-hydrogen) atoms. The molecule has 1 atom stereocenters.